The molecule has 1 N–H and O–H groups in total. The Morgan fingerprint density at radius 1 is 1.19 bits per heavy atom. The van der Waals surface area contributed by atoms with Gasteiger partial charge in [0.15, 0.2) is 0 Å². The van der Waals surface area contributed by atoms with Gasteiger partial charge < -0.3 is 19.7 Å². The first kappa shape index (κ1) is 24.1. The number of aryl methyl sites for hydroxylation is 1. The first-order valence-corrected chi connectivity index (χ1v) is 11.7. The number of rotatable bonds is 4. The number of fused-ring (bicyclic) bond motifs is 3. The topological polar surface area (TPSA) is 89.5 Å². The first-order valence-electron chi connectivity index (χ1n) is 11.7. The highest BCUT2D eigenvalue weighted by molar-refractivity contribution is 6.04. The molecule has 2 aliphatic rings. The van der Waals surface area contributed by atoms with Crippen LogP contribution in [0.4, 0.5) is 20.2 Å². The van der Waals surface area contributed by atoms with Crippen molar-refractivity contribution >= 4 is 17.3 Å². The number of halogens is 2. The van der Waals surface area contributed by atoms with Gasteiger partial charge in [0.25, 0.3) is 17.7 Å². The summed E-state index contributed by atoms with van der Waals surface area (Å²) in [5, 5.41) is 11.6. The van der Waals surface area contributed by atoms with Gasteiger partial charge in [0.1, 0.15) is 17.0 Å². The van der Waals surface area contributed by atoms with Gasteiger partial charge in [0.2, 0.25) is 0 Å². The maximum absolute atomic E-state index is 13.6. The van der Waals surface area contributed by atoms with E-state index in [0.29, 0.717) is 30.5 Å². The fraction of sp³-hybridized carbons (Fsp3) is 0.385. The summed E-state index contributed by atoms with van der Waals surface area (Å²) in [6, 6.07) is 9.90. The molecule has 1 atom stereocenters. The number of nitrogens with one attached hydrogen (secondary N) is 1. The van der Waals surface area contributed by atoms with E-state index in [1.54, 1.807) is 12.1 Å². The number of pyridine rings is 1. The number of ether oxygens (including phenoxy) is 2. The molecular weight excluding hydrogens is 468 g/mol. The molecular formula is C26H27F2N5O3. The number of hydrogen-bond donors (Lipinski definition) is 1. The SMILES string of the molecule is Cc1ccc(NC(=O)c2ccnc(C(C)(F)F)c2)cc1-c1cc2c(nn1)OC(C)(C)C1COCCN21. The molecule has 0 bridgehead atoms. The summed E-state index contributed by atoms with van der Waals surface area (Å²) >= 11 is 0. The number of morpholine rings is 1. The number of aromatic nitrogens is 3. The van der Waals surface area contributed by atoms with Crippen LogP contribution in [0.15, 0.2) is 42.6 Å². The highest BCUT2D eigenvalue weighted by Gasteiger charge is 2.44. The summed E-state index contributed by atoms with van der Waals surface area (Å²) in [4.78, 5) is 18.7. The number of carbonyl (C=O) groups excluding carboxylic acids is 1. The quantitative estimate of drug-likeness (QED) is 0.566. The number of anilines is 2. The Labute approximate surface area is 207 Å². The minimum atomic E-state index is -3.14. The largest absolute Gasteiger partial charge is 0.467 e. The Morgan fingerprint density at radius 3 is 2.78 bits per heavy atom. The van der Waals surface area contributed by atoms with Crippen molar-refractivity contribution < 1.29 is 23.0 Å². The number of carbonyl (C=O) groups is 1. The molecule has 2 aliphatic heterocycles. The average Bonchev–Trinajstić information content (AvgIpc) is 2.84. The lowest BCUT2D eigenvalue weighted by molar-refractivity contribution is -0.0106. The van der Waals surface area contributed by atoms with Crippen molar-refractivity contribution in [2.45, 2.75) is 45.3 Å². The smallest absolute Gasteiger partial charge is 0.286 e. The van der Waals surface area contributed by atoms with Crippen LogP contribution in [0.3, 0.4) is 0 Å². The summed E-state index contributed by atoms with van der Waals surface area (Å²) in [5.74, 6) is -3.18. The molecule has 3 aromatic rings. The van der Waals surface area contributed by atoms with Gasteiger partial charge in [0.05, 0.1) is 24.9 Å². The van der Waals surface area contributed by atoms with Crippen LogP contribution in [-0.2, 0) is 10.7 Å². The van der Waals surface area contributed by atoms with Crippen LogP contribution < -0.4 is 15.0 Å². The first-order chi connectivity index (χ1) is 17.0. The van der Waals surface area contributed by atoms with Crippen molar-refractivity contribution in [1.29, 1.82) is 0 Å². The van der Waals surface area contributed by atoms with E-state index in [1.165, 1.54) is 12.3 Å². The standard InChI is InChI=1S/C26H27F2N5O3/c1-15-5-6-17(30-23(34)16-7-8-29-21(11-16)26(4,27)28)12-18(15)19-13-20-24(32-31-19)36-25(2,3)22-14-35-10-9-33(20)22/h5-8,11-13,22H,9-10,14H2,1-4H3,(H,30,34). The van der Waals surface area contributed by atoms with E-state index < -0.39 is 23.1 Å². The number of hydrogen-bond acceptors (Lipinski definition) is 7. The third-order valence-corrected chi connectivity index (χ3v) is 6.58. The molecule has 4 heterocycles. The zero-order chi connectivity index (χ0) is 25.7. The molecule has 0 aliphatic carbocycles. The molecule has 1 fully saturated rings. The molecule has 1 aromatic carbocycles. The highest BCUT2D eigenvalue weighted by Crippen LogP contribution is 2.41. The van der Waals surface area contributed by atoms with Gasteiger partial charge in [-0.3, -0.25) is 9.78 Å². The molecule has 2 aromatic heterocycles. The second-order valence-corrected chi connectivity index (χ2v) is 9.71. The van der Waals surface area contributed by atoms with Gasteiger partial charge >= 0.3 is 0 Å². The molecule has 5 rings (SSSR count). The number of benzene rings is 1. The van der Waals surface area contributed by atoms with Gasteiger partial charge in [-0.25, -0.2) is 0 Å². The molecule has 188 valence electrons. The van der Waals surface area contributed by atoms with Crippen LogP contribution in [0.1, 0.15) is 42.4 Å². The molecule has 0 radical (unpaired) electrons. The predicted molar refractivity (Wildman–Crippen MR) is 131 cm³/mol. The zero-order valence-corrected chi connectivity index (χ0v) is 20.5. The number of alkyl halides is 2. The van der Waals surface area contributed by atoms with Crippen LogP contribution in [-0.4, -0.2) is 52.5 Å². The van der Waals surface area contributed by atoms with E-state index in [9.17, 15) is 13.6 Å². The highest BCUT2D eigenvalue weighted by atomic mass is 19.3. The van der Waals surface area contributed by atoms with E-state index in [1.807, 2.05) is 32.9 Å². The fourth-order valence-electron chi connectivity index (χ4n) is 4.56. The summed E-state index contributed by atoms with van der Waals surface area (Å²) in [6.45, 7) is 8.61. The van der Waals surface area contributed by atoms with Crippen LogP contribution in [0.25, 0.3) is 11.3 Å². The van der Waals surface area contributed by atoms with Gasteiger partial charge in [-0.2, -0.15) is 8.78 Å². The van der Waals surface area contributed by atoms with Crippen LogP contribution in [0.2, 0.25) is 0 Å². The predicted octanol–water partition coefficient (Wildman–Crippen LogP) is 4.59. The fourth-order valence-corrected chi connectivity index (χ4v) is 4.56. The summed E-state index contributed by atoms with van der Waals surface area (Å²) < 4.78 is 39.2. The lowest BCUT2D eigenvalue weighted by Gasteiger charge is -2.49. The van der Waals surface area contributed by atoms with E-state index in [2.05, 4.69) is 25.4 Å². The van der Waals surface area contributed by atoms with Crippen LogP contribution in [0, 0.1) is 6.92 Å². The Hall–Kier alpha value is -3.66. The number of nitrogens with zero attached hydrogens (tertiary/aromatic N) is 4. The van der Waals surface area contributed by atoms with Crippen molar-refractivity contribution in [3.05, 3.63) is 59.4 Å². The minimum absolute atomic E-state index is 0.0447. The van der Waals surface area contributed by atoms with Gasteiger partial charge in [-0.1, -0.05) is 6.07 Å². The third-order valence-electron chi connectivity index (χ3n) is 6.58. The summed E-state index contributed by atoms with van der Waals surface area (Å²) in [7, 11) is 0. The Bertz CT molecular complexity index is 1330. The molecule has 8 nitrogen and oxygen atoms in total. The van der Waals surface area contributed by atoms with Crippen LogP contribution in [0.5, 0.6) is 5.88 Å². The van der Waals surface area contributed by atoms with E-state index in [4.69, 9.17) is 9.47 Å². The third kappa shape index (κ3) is 4.48. The second-order valence-electron chi connectivity index (χ2n) is 9.71. The normalized spacial score (nSPS) is 18.6. The van der Waals surface area contributed by atoms with E-state index in [0.717, 1.165) is 36.3 Å². The molecule has 0 saturated carbocycles. The summed E-state index contributed by atoms with van der Waals surface area (Å²) in [6.07, 6.45) is 1.20. The lowest BCUT2D eigenvalue weighted by atomic mass is 9.94. The summed E-state index contributed by atoms with van der Waals surface area (Å²) in [5.41, 5.74) is 2.87. The molecule has 1 saturated heterocycles. The molecule has 36 heavy (non-hydrogen) atoms. The Morgan fingerprint density at radius 2 is 2.00 bits per heavy atom. The maximum atomic E-state index is 13.6. The van der Waals surface area contributed by atoms with Crippen molar-refractivity contribution in [3.63, 3.8) is 0 Å². The van der Waals surface area contributed by atoms with Gasteiger partial charge in [-0.05, 0) is 56.7 Å². The van der Waals surface area contributed by atoms with Crippen molar-refractivity contribution in [1.82, 2.24) is 15.2 Å². The van der Waals surface area contributed by atoms with E-state index in [-0.39, 0.29) is 11.6 Å². The van der Waals surface area contributed by atoms with Crippen LogP contribution >= 0.6 is 0 Å². The van der Waals surface area contributed by atoms with Gasteiger partial charge in [-0.15, -0.1) is 10.2 Å². The van der Waals surface area contributed by atoms with Crippen molar-refractivity contribution in [2.75, 3.05) is 30.0 Å². The van der Waals surface area contributed by atoms with E-state index >= 15 is 0 Å². The monoisotopic (exact) mass is 495 g/mol. The number of amides is 1. The molecule has 1 unspecified atom stereocenters. The minimum Gasteiger partial charge on any atom is -0.467 e. The molecule has 0 spiro atoms. The maximum Gasteiger partial charge on any atom is 0.286 e. The Balaban J connectivity index is 1.44. The van der Waals surface area contributed by atoms with Crippen molar-refractivity contribution in [2.24, 2.45) is 0 Å². The zero-order valence-electron chi connectivity index (χ0n) is 20.5. The molecule has 10 heteroatoms. The molecule has 1 amide bonds. The van der Waals surface area contributed by atoms with Crippen molar-refractivity contribution in [3.8, 4) is 17.1 Å². The average molecular weight is 496 g/mol. The second kappa shape index (κ2) is 8.77. The van der Waals surface area contributed by atoms with Gasteiger partial charge in [0, 0.05) is 36.5 Å². The Kier molecular flexibility index (Phi) is 5.86. The lowest BCUT2D eigenvalue weighted by Crippen LogP contribution is -2.61.